The van der Waals surface area contributed by atoms with Gasteiger partial charge in [-0.1, -0.05) is 0 Å². The van der Waals surface area contributed by atoms with Crippen molar-refractivity contribution in [3.63, 3.8) is 0 Å². The van der Waals surface area contributed by atoms with E-state index >= 15 is 0 Å². The maximum atomic E-state index is 9.34. The Hall–Kier alpha value is -1.64. The second kappa shape index (κ2) is 5.78. The summed E-state index contributed by atoms with van der Waals surface area (Å²) in [4.78, 5) is 6.77. The highest BCUT2D eigenvalue weighted by molar-refractivity contribution is 5.56. The number of hydrogen-bond donors (Lipinski definition) is 1. The number of rotatable bonds is 3. The van der Waals surface area contributed by atoms with E-state index in [0.717, 1.165) is 57.0 Å². The fourth-order valence-electron chi connectivity index (χ4n) is 2.96. The van der Waals surface area contributed by atoms with E-state index in [1.807, 2.05) is 13.1 Å². The van der Waals surface area contributed by atoms with E-state index in [1.54, 1.807) is 0 Å². The number of fused-ring (bicyclic) bond motifs is 1. The average molecular weight is 272 g/mol. The van der Waals surface area contributed by atoms with Gasteiger partial charge in [-0.2, -0.15) is 5.26 Å². The molecule has 20 heavy (non-hydrogen) atoms. The molecular formula is C15H20N4O. The molecule has 3 rings (SSSR count). The van der Waals surface area contributed by atoms with Gasteiger partial charge < -0.3 is 15.0 Å². The van der Waals surface area contributed by atoms with Gasteiger partial charge in [0.1, 0.15) is 11.9 Å². The van der Waals surface area contributed by atoms with Crippen LogP contribution in [-0.4, -0.2) is 44.4 Å². The smallest absolute Gasteiger partial charge is 0.146 e. The molecule has 5 nitrogen and oxygen atoms in total. The third kappa shape index (κ3) is 2.62. The lowest BCUT2D eigenvalue weighted by molar-refractivity contribution is 0.0339. The molecule has 1 aliphatic heterocycles. The molecule has 1 atom stereocenters. The maximum absolute atomic E-state index is 9.34. The first-order valence-corrected chi connectivity index (χ1v) is 7.24. The molecule has 106 valence electrons. The van der Waals surface area contributed by atoms with Crippen molar-refractivity contribution >= 4 is 5.82 Å². The summed E-state index contributed by atoms with van der Waals surface area (Å²) in [7, 11) is 1.99. The molecule has 1 N–H and O–H groups in total. The summed E-state index contributed by atoms with van der Waals surface area (Å²) in [5.41, 5.74) is 3.08. The molecule has 1 saturated heterocycles. The van der Waals surface area contributed by atoms with Crippen LogP contribution in [0.3, 0.4) is 0 Å². The highest BCUT2D eigenvalue weighted by atomic mass is 16.5. The molecule has 2 aliphatic rings. The quantitative estimate of drug-likeness (QED) is 0.884. The molecule has 0 aromatic carbocycles. The van der Waals surface area contributed by atoms with Crippen molar-refractivity contribution in [1.82, 2.24) is 10.3 Å². The lowest BCUT2D eigenvalue weighted by atomic mass is 10.1. The lowest BCUT2D eigenvalue weighted by Crippen LogP contribution is -2.44. The van der Waals surface area contributed by atoms with Crippen molar-refractivity contribution in [1.29, 1.82) is 5.26 Å². The van der Waals surface area contributed by atoms with Crippen molar-refractivity contribution in [2.24, 2.45) is 0 Å². The topological polar surface area (TPSA) is 61.2 Å². The van der Waals surface area contributed by atoms with E-state index in [1.165, 1.54) is 5.56 Å². The Kier molecular flexibility index (Phi) is 3.86. The zero-order valence-corrected chi connectivity index (χ0v) is 11.9. The summed E-state index contributed by atoms with van der Waals surface area (Å²) in [5.74, 6) is 0.794. The van der Waals surface area contributed by atoms with E-state index in [4.69, 9.17) is 9.72 Å². The number of nitriles is 1. The number of ether oxygens (including phenoxy) is 1. The summed E-state index contributed by atoms with van der Waals surface area (Å²) < 4.78 is 5.72. The molecule has 1 fully saturated rings. The van der Waals surface area contributed by atoms with Crippen LogP contribution in [-0.2, 0) is 17.6 Å². The minimum Gasteiger partial charge on any atom is -0.374 e. The van der Waals surface area contributed by atoms with Gasteiger partial charge in [-0.05, 0) is 30.9 Å². The largest absolute Gasteiger partial charge is 0.374 e. The van der Waals surface area contributed by atoms with Crippen molar-refractivity contribution in [3.8, 4) is 6.07 Å². The second-order valence-corrected chi connectivity index (χ2v) is 5.51. The van der Waals surface area contributed by atoms with Gasteiger partial charge in [0, 0.05) is 32.4 Å². The predicted molar refractivity (Wildman–Crippen MR) is 76.9 cm³/mol. The fourth-order valence-corrected chi connectivity index (χ4v) is 2.96. The Morgan fingerprint density at radius 1 is 1.55 bits per heavy atom. The number of nitrogens with one attached hydrogen (secondary N) is 1. The Labute approximate surface area is 119 Å². The summed E-state index contributed by atoms with van der Waals surface area (Å²) in [6, 6.07) is 4.30. The first-order chi connectivity index (χ1) is 9.78. The summed E-state index contributed by atoms with van der Waals surface area (Å²) >= 11 is 0. The van der Waals surface area contributed by atoms with Gasteiger partial charge in [-0.15, -0.1) is 0 Å². The molecule has 2 heterocycles. The molecule has 1 aromatic heterocycles. The molecule has 0 radical (unpaired) electrons. The Bertz CT molecular complexity index is 531. The monoisotopic (exact) mass is 272 g/mol. The Morgan fingerprint density at radius 3 is 3.20 bits per heavy atom. The minimum atomic E-state index is 0.162. The van der Waals surface area contributed by atoms with E-state index in [0.29, 0.717) is 5.56 Å². The number of aryl methyl sites for hydroxylation is 2. The predicted octanol–water partition coefficient (Wildman–Crippen LogP) is 0.867. The number of aromatic nitrogens is 1. The van der Waals surface area contributed by atoms with Gasteiger partial charge in [0.05, 0.1) is 18.3 Å². The maximum Gasteiger partial charge on any atom is 0.146 e. The van der Waals surface area contributed by atoms with Gasteiger partial charge in [0.2, 0.25) is 0 Å². The lowest BCUT2D eigenvalue weighted by Gasteiger charge is -2.29. The molecule has 0 bridgehead atoms. The third-order valence-corrected chi connectivity index (χ3v) is 3.99. The van der Waals surface area contributed by atoms with Crippen molar-refractivity contribution in [3.05, 3.63) is 22.9 Å². The van der Waals surface area contributed by atoms with Crippen LogP contribution in [0.1, 0.15) is 23.2 Å². The molecule has 0 amide bonds. The number of morpholine rings is 1. The van der Waals surface area contributed by atoms with Gasteiger partial charge in [0.15, 0.2) is 0 Å². The average Bonchev–Trinajstić information content (AvgIpc) is 2.94. The summed E-state index contributed by atoms with van der Waals surface area (Å²) in [5, 5.41) is 12.7. The van der Waals surface area contributed by atoms with Crippen molar-refractivity contribution in [2.45, 2.75) is 25.4 Å². The number of nitrogens with zero attached hydrogens (tertiary/aromatic N) is 3. The minimum absolute atomic E-state index is 0.162. The van der Waals surface area contributed by atoms with Gasteiger partial charge >= 0.3 is 0 Å². The number of likely N-dealkylation sites (N-methyl/N-ethyl adjacent to an activating group) is 1. The molecular weight excluding hydrogens is 252 g/mol. The zero-order valence-electron chi connectivity index (χ0n) is 11.9. The van der Waals surface area contributed by atoms with Crippen LogP contribution in [0.15, 0.2) is 6.07 Å². The molecule has 1 aliphatic carbocycles. The zero-order chi connectivity index (χ0) is 13.9. The van der Waals surface area contributed by atoms with Crippen LogP contribution in [0.5, 0.6) is 0 Å². The van der Waals surface area contributed by atoms with Crippen LogP contribution in [0.25, 0.3) is 0 Å². The fraction of sp³-hybridized carbons (Fsp3) is 0.600. The van der Waals surface area contributed by atoms with Crippen LogP contribution in [0.2, 0.25) is 0 Å². The highest BCUT2D eigenvalue weighted by Crippen LogP contribution is 2.26. The van der Waals surface area contributed by atoms with Crippen molar-refractivity contribution in [2.75, 3.05) is 38.2 Å². The van der Waals surface area contributed by atoms with E-state index in [9.17, 15) is 5.26 Å². The molecule has 1 aromatic rings. The van der Waals surface area contributed by atoms with E-state index < -0.39 is 0 Å². The van der Waals surface area contributed by atoms with Crippen LogP contribution < -0.4 is 10.2 Å². The first-order valence-electron chi connectivity index (χ1n) is 7.24. The first kappa shape index (κ1) is 13.3. The third-order valence-electron chi connectivity index (χ3n) is 3.99. The van der Waals surface area contributed by atoms with Gasteiger partial charge in [-0.25, -0.2) is 4.98 Å². The number of pyridine rings is 1. The molecule has 0 spiro atoms. The van der Waals surface area contributed by atoms with Crippen LogP contribution in [0, 0.1) is 11.3 Å². The Balaban J connectivity index is 1.79. The highest BCUT2D eigenvalue weighted by Gasteiger charge is 2.21. The van der Waals surface area contributed by atoms with Gasteiger partial charge in [0.25, 0.3) is 0 Å². The number of anilines is 1. The molecule has 5 heteroatoms. The Morgan fingerprint density at radius 2 is 2.45 bits per heavy atom. The van der Waals surface area contributed by atoms with Crippen LogP contribution in [0.4, 0.5) is 5.82 Å². The second-order valence-electron chi connectivity index (χ2n) is 5.51. The number of hydrogen-bond acceptors (Lipinski definition) is 5. The van der Waals surface area contributed by atoms with E-state index in [2.05, 4.69) is 16.3 Å². The van der Waals surface area contributed by atoms with Gasteiger partial charge in [-0.3, -0.25) is 0 Å². The molecule has 1 unspecified atom stereocenters. The normalized spacial score (nSPS) is 21.3. The van der Waals surface area contributed by atoms with E-state index in [-0.39, 0.29) is 6.10 Å². The SMILES string of the molecule is CN(CC1CNCCO1)c1nc2c(cc1C#N)CCC2. The van der Waals surface area contributed by atoms with Crippen LogP contribution >= 0.6 is 0 Å². The standard InChI is InChI=1S/C15H20N4O/c1-19(10-13-9-17-5-6-20-13)15-12(8-16)7-11-3-2-4-14(11)18-15/h7,13,17H,2-6,9-10H2,1H3. The van der Waals surface area contributed by atoms with Crippen molar-refractivity contribution < 1.29 is 4.74 Å². The molecule has 0 saturated carbocycles. The summed E-state index contributed by atoms with van der Waals surface area (Å²) in [6.45, 7) is 3.28. The summed E-state index contributed by atoms with van der Waals surface area (Å²) in [6.07, 6.45) is 3.39.